The summed E-state index contributed by atoms with van der Waals surface area (Å²) < 4.78 is 8.59. The first-order valence-corrected chi connectivity index (χ1v) is 6.83. The molecule has 0 amide bonds. The fraction of sp³-hybridized carbons (Fsp3) is 0.133. The molecule has 0 N–H and O–H groups in total. The smallest absolute Gasteiger partial charge is 0.145 e. The van der Waals surface area contributed by atoms with E-state index in [1.807, 2.05) is 48.1 Å². The molecule has 96 valence electrons. The van der Waals surface area contributed by atoms with E-state index in [0.29, 0.717) is 6.61 Å². The molecule has 0 saturated heterocycles. The number of nitrogens with zero attached hydrogens (tertiary/aromatic N) is 2. The molecule has 0 unspecified atom stereocenters. The number of halogens is 1. The number of fused-ring (bicyclic) bond motifs is 1. The van der Waals surface area contributed by atoms with Crippen LogP contribution in [0.3, 0.4) is 0 Å². The highest BCUT2D eigenvalue weighted by Gasteiger charge is 2.11. The third kappa shape index (κ3) is 2.36. The van der Waals surface area contributed by atoms with Crippen molar-refractivity contribution in [2.24, 2.45) is 7.05 Å². The lowest BCUT2D eigenvalue weighted by Gasteiger charge is -2.08. The first kappa shape index (κ1) is 12.2. The van der Waals surface area contributed by atoms with Crippen LogP contribution < -0.4 is 4.74 Å². The van der Waals surface area contributed by atoms with E-state index in [1.165, 1.54) is 0 Å². The normalized spacial score (nSPS) is 10.8. The molecule has 0 aliphatic rings. The van der Waals surface area contributed by atoms with E-state index in [4.69, 9.17) is 4.74 Å². The highest BCUT2D eigenvalue weighted by atomic mass is 79.9. The predicted octanol–water partition coefficient (Wildman–Crippen LogP) is 3.91. The van der Waals surface area contributed by atoms with Crippen molar-refractivity contribution in [3.05, 3.63) is 58.7 Å². The second kappa shape index (κ2) is 5.05. The minimum Gasteiger partial charge on any atom is -0.487 e. The van der Waals surface area contributed by atoms with Gasteiger partial charge in [-0.25, -0.2) is 0 Å². The van der Waals surface area contributed by atoms with Crippen molar-refractivity contribution in [1.29, 1.82) is 0 Å². The standard InChI is InChI=1S/C15H13BrN2O/c1-18-14-12(15(16)17-18)8-5-9-13(14)19-10-11-6-3-2-4-7-11/h2-9H,10H2,1H3. The van der Waals surface area contributed by atoms with E-state index >= 15 is 0 Å². The molecule has 0 radical (unpaired) electrons. The molecule has 0 fully saturated rings. The molecule has 1 heterocycles. The molecule has 0 saturated carbocycles. The van der Waals surface area contributed by atoms with Crippen molar-refractivity contribution in [3.63, 3.8) is 0 Å². The van der Waals surface area contributed by atoms with Crippen molar-refractivity contribution >= 4 is 26.8 Å². The van der Waals surface area contributed by atoms with Gasteiger partial charge < -0.3 is 4.74 Å². The van der Waals surface area contributed by atoms with E-state index in [2.05, 4.69) is 33.2 Å². The number of benzene rings is 2. The molecular weight excluding hydrogens is 304 g/mol. The Morgan fingerprint density at radius 1 is 1.11 bits per heavy atom. The quantitative estimate of drug-likeness (QED) is 0.732. The Hall–Kier alpha value is -1.81. The van der Waals surface area contributed by atoms with Gasteiger partial charge in [-0.3, -0.25) is 4.68 Å². The highest BCUT2D eigenvalue weighted by molar-refractivity contribution is 9.10. The molecule has 3 aromatic rings. The van der Waals surface area contributed by atoms with Crippen molar-refractivity contribution < 1.29 is 4.74 Å². The molecule has 0 bridgehead atoms. The van der Waals surface area contributed by atoms with Gasteiger partial charge in [0.2, 0.25) is 0 Å². The van der Waals surface area contributed by atoms with Crippen molar-refractivity contribution in [2.45, 2.75) is 6.61 Å². The van der Waals surface area contributed by atoms with Crippen LogP contribution in [0, 0.1) is 0 Å². The Labute approximate surface area is 119 Å². The number of ether oxygens (including phenoxy) is 1. The maximum atomic E-state index is 5.92. The van der Waals surface area contributed by atoms with Crippen LogP contribution in [0.1, 0.15) is 5.56 Å². The summed E-state index contributed by atoms with van der Waals surface area (Å²) in [6.45, 7) is 0.558. The number of para-hydroxylation sites is 1. The first-order valence-electron chi connectivity index (χ1n) is 6.03. The molecule has 4 heteroatoms. The maximum absolute atomic E-state index is 5.92. The second-order valence-electron chi connectivity index (χ2n) is 4.34. The summed E-state index contributed by atoms with van der Waals surface area (Å²) in [6, 6.07) is 16.1. The largest absolute Gasteiger partial charge is 0.487 e. The number of aromatic nitrogens is 2. The van der Waals surface area contributed by atoms with Crippen LogP contribution in [0.2, 0.25) is 0 Å². The van der Waals surface area contributed by atoms with Gasteiger partial charge in [-0.1, -0.05) is 36.4 Å². The van der Waals surface area contributed by atoms with Gasteiger partial charge in [0.25, 0.3) is 0 Å². The van der Waals surface area contributed by atoms with E-state index in [-0.39, 0.29) is 0 Å². The number of rotatable bonds is 3. The summed E-state index contributed by atoms with van der Waals surface area (Å²) in [6.07, 6.45) is 0. The molecule has 0 atom stereocenters. The monoisotopic (exact) mass is 316 g/mol. The topological polar surface area (TPSA) is 27.1 Å². The van der Waals surface area contributed by atoms with Crippen molar-refractivity contribution in [2.75, 3.05) is 0 Å². The Morgan fingerprint density at radius 2 is 1.89 bits per heavy atom. The van der Waals surface area contributed by atoms with Crippen LogP contribution in [-0.4, -0.2) is 9.78 Å². The van der Waals surface area contributed by atoms with Crippen LogP contribution in [0.15, 0.2) is 53.1 Å². The number of hydrogen-bond donors (Lipinski definition) is 0. The van der Waals surface area contributed by atoms with Crippen LogP contribution in [0.25, 0.3) is 10.9 Å². The zero-order valence-electron chi connectivity index (χ0n) is 10.5. The van der Waals surface area contributed by atoms with Gasteiger partial charge in [-0.2, -0.15) is 5.10 Å². The average Bonchev–Trinajstić information content (AvgIpc) is 2.74. The van der Waals surface area contributed by atoms with E-state index < -0.39 is 0 Å². The van der Waals surface area contributed by atoms with Gasteiger partial charge in [-0.05, 0) is 33.6 Å². The minimum atomic E-state index is 0.558. The molecule has 2 aromatic carbocycles. The lowest BCUT2D eigenvalue weighted by atomic mass is 10.2. The highest BCUT2D eigenvalue weighted by Crippen LogP contribution is 2.30. The first-order chi connectivity index (χ1) is 9.25. The second-order valence-corrected chi connectivity index (χ2v) is 5.09. The van der Waals surface area contributed by atoms with Gasteiger partial charge >= 0.3 is 0 Å². The van der Waals surface area contributed by atoms with Crippen LogP contribution in [0.4, 0.5) is 0 Å². The van der Waals surface area contributed by atoms with E-state index in [1.54, 1.807) is 0 Å². The zero-order valence-corrected chi connectivity index (χ0v) is 12.1. The van der Waals surface area contributed by atoms with Crippen LogP contribution in [-0.2, 0) is 13.7 Å². The summed E-state index contributed by atoms with van der Waals surface area (Å²) in [5.41, 5.74) is 2.16. The third-order valence-electron chi connectivity index (χ3n) is 3.02. The van der Waals surface area contributed by atoms with E-state index in [0.717, 1.165) is 26.8 Å². The number of hydrogen-bond acceptors (Lipinski definition) is 2. The zero-order chi connectivity index (χ0) is 13.2. The summed E-state index contributed by atoms with van der Waals surface area (Å²) in [4.78, 5) is 0. The molecule has 19 heavy (non-hydrogen) atoms. The Morgan fingerprint density at radius 3 is 2.68 bits per heavy atom. The minimum absolute atomic E-state index is 0.558. The Balaban J connectivity index is 1.93. The average molecular weight is 317 g/mol. The van der Waals surface area contributed by atoms with Crippen molar-refractivity contribution in [1.82, 2.24) is 9.78 Å². The Bertz CT molecular complexity index is 707. The van der Waals surface area contributed by atoms with Crippen molar-refractivity contribution in [3.8, 4) is 5.75 Å². The maximum Gasteiger partial charge on any atom is 0.145 e. The molecule has 3 nitrogen and oxygen atoms in total. The predicted molar refractivity (Wildman–Crippen MR) is 79.2 cm³/mol. The van der Waals surface area contributed by atoms with E-state index in [9.17, 15) is 0 Å². The Kier molecular flexibility index (Phi) is 3.25. The molecular formula is C15H13BrN2O. The summed E-state index contributed by atoms with van der Waals surface area (Å²) in [5.74, 6) is 0.849. The SMILES string of the molecule is Cn1nc(Br)c2cccc(OCc3ccccc3)c21. The van der Waals surface area contributed by atoms with Gasteiger partial charge in [0.05, 0.1) is 0 Å². The molecule has 1 aromatic heterocycles. The summed E-state index contributed by atoms with van der Waals surface area (Å²) in [5, 5.41) is 5.42. The lowest BCUT2D eigenvalue weighted by molar-refractivity contribution is 0.308. The summed E-state index contributed by atoms with van der Waals surface area (Å²) >= 11 is 3.46. The van der Waals surface area contributed by atoms with Gasteiger partial charge in [0.1, 0.15) is 22.5 Å². The van der Waals surface area contributed by atoms with Crippen LogP contribution >= 0.6 is 15.9 Å². The molecule has 0 aliphatic heterocycles. The van der Waals surface area contributed by atoms with Gasteiger partial charge in [0.15, 0.2) is 0 Å². The molecule has 0 aliphatic carbocycles. The lowest BCUT2D eigenvalue weighted by Crippen LogP contribution is -1.98. The summed E-state index contributed by atoms with van der Waals surface area (Å²) in [7, 11) is 1.92. The van der Waals surface area contributed by atoms with Gasteiger partial charge in [-0.15, -0.1) is 0 Å². The fourth-order valence-corrected chi connectivity index (χ4v) is 2.67. The fourth-order valence-electron chi connectivity index (χ4n) is 2.11. The number of aryl methyl sites for hydroxylation is 1. The van der Waals surface area contributed by atoms with Gasteiger partial charge in [0, 0.05) is 12.4 Å². The third-order valence-corrected chi connectivity index (χ3v) is 3.61. The molecule has 3 rings (SSSR count). The molecule has 0 spiro atoms. The van der Waals surface area contributed by atoms with Crippen LogP contribution in [0.5, 0.6) is 5.75 Å².